The Hall–Kier alpha value is -1.10. The summed E-state index contributed by atoms with van der Waals surface area (Å²) in [5, 5.41) is 3.07. The Labute approximate surface area is 102 Å². The number of methoxy groups -OCH3 is 1. The van der Waals surface area contributed by atoms with E-state index in [2.05, 4.69) is 10.1 Å². The summed E-state index contributed by atoms with van der Waals surface area (Å²) in [6.07, 6.45) is 0.511. The van der Waals surface area contributed by atoms with Gasteiger partial charge in [-0.1, -0.05) is 13.8 Å². The Balaban J connectivity index is 2.43. The molecule has 2 atom stereocenters. The van der Waals surface area contributed by atoms with Gasteiger partial charge in [0, 0.05) is 13.1 Å². The van der Waals surface area contributed by atoms with E-state index in [4.69, 9.17) is 4.74 Å². The zero-order valence-electron chi connectivity index (χ0n) is 10.7. The van der Waals surface area contributed by atoms with Gasteiger partial charge in [-0.2, -0.15) is 0 Å². The monoisotopic (exact) mass is 243 g/mol. The van der Waals surface area contributed by atoms with E-state index in [0.29, 0.717) is 32.0 Å². The molecule has 0 bridgehead atoms. The summed E-state index contributed by atoms with van der Waals surface area (Å²) in [6, 6.07) is 0. The number of hydrogen-bond acceptors (Lipinski definition) is 5. The molecular weight excluding hydrogens is 222 g/mol. The molecule has 1 aliphatic heterocycles. The topological polar surface area (TPSA) is 64.6 Å². The Bertz CT molecular complexity index is 278. The van der Waals surface area contributed by atoms with Crippen LogP contribution in [0.3, 0.4) is 0 Å². The van der Waals surface area contributed by atoms with E-state index in [1.165, 1.54) is 7.11 Å². The van der Waals surface area contributed by atoms with E-state index in [1.54, 1.807) is 0 Å². The molecule has 5 heteroatoms. The third-order valence-corrected chi connectivity index (χ3v) is 2.78. The maximum absolute atomic E-state index is 11.7. The van der Waals surface area contributed by atoms with Gasteiger partial charge in [0.1, 0.15) is 0 Å². The fraction of sp³-hybridized carbons (Fsp3) is 0.833. The fourth-order valence-electron chi connectivity index (χ4n) is 1.83. The van der Waals surface area contributed by atoms with E-state index in [-0.39, 0.29) is 23.8 Å². The highest BCUT2D eigenvalue weighted by atomic mass is 16.5. The molecule has 0 aromatic rings. The maximum atomic E-state index is 11.7. The highest BCUT2D eigenvalue weighted by Crippen LogP contribution is 2.19. The number of rotatable bonds is 4. The van der Waals surface area contributed by atoms with Crippen LogP contribution in [0.25, 0.3) is 0 Å². The molecule has 5 nitrogen and oxygen atoms in total. The zero-order chi connectivity index (χ0) is 12.8. The molecule has 17 heavy (non-hydrogen) atoms. The van der Waals surface area contributed by atoms with Gasteiger partial charge < -0.3 is 14.8 Å². The summed E-state index contributed by atoms with van der Waals surface area (Å²) in [4.78, 5) is 23.1. The summed E-state index contributed by atoms with van der Waals surface area (Å²) < 4.78 is 9.86. The summed E-state index contributed by atoms with van der Waals surface area (Å²) in [6.45, 7) is 5.55. The molecule has 98 valence electrons. The highest BCUT2D eigenvalue weighted by Gasteiger charge is 2.32. The molecule has 1 aliphatic rings. The van der Waals surface area contributed by atoms with E-state index in [1.807, 2.05) is 13.8 Å². The first kappa shape index (κ1) is 14.0. The second-order valence-corrected chi connectivity index (χ2v) is 4.83. The van der Waals surface area contributed by atoms with Gasteiger partial charge in [-0.15, -0.1) is 0 Å². The summed E-state index contributed by atoms with van der Waals surface area (Å²) >= 11 is 0. The number of hydrogen-bond donors (Lipinski definition) is 1. The number of ether oxygens (including phenoxy) is 2. The van der Waals surface area contributed by atoms with Crippen LogP contribution in [0.2, 0.25) is 0 Å². The van der Waals surface area contributed by atoms with E-state index < -0.39 is 0 Å². The number of piperidine rings is 1. The second-order valence-electron chi connectivity index (χ2n) is 4.83. The fourth-order valence-corrected chi connectivity index (χ4v) is 1.83. The minimum atomic E-state index is -0.265. The minimum absolute atomic E-state index is 0.222. The van der Waals surface area contributed by atoms with Gasteiger partial charge in [-0.05, 0) is 12.3 Å². The van der Waals surface area contributed by atoms with Crippen molar-refractivity contribution in [2.45, 2.75) is 20.3 Å². The SMILES string of the molecule is COC(=O)C1CNCC(C(=O)OCC(C)C)C1. The van der Waals surface area contributed by atoms with Crippen molar-refractivity contribution in [1.29, 1.82) is 0 Å². The molecule has 0 saturated carbocycles. The Kier molecular flexibility index (Phi) is 5.41. The van der Waals surface area contributed by atoms with Gasteiger partial charge in [0.15, 0.2) is 0 Å². The Morgan fingerprint density at radius 3 is 2.35 bits per heavy atom. The molecule has 0 aromatic carbocycles. The second kappa shape index (κ2) is 6.59. The number of esters is 2. The van der Waals surface area contributed by atoms with Crippen LogP contribution in [0.5, 0.6) is 0 Å². The average molecular weight is 243 g/mol. The van der Waals surface area contributed by atoms with Crippen LogP contribution >= 0.6 is 0 Å². The Morgan fingerprint density at radius 1 is 1.24 bits per heavy atom. The van der Waals surface area contributed by atoms with Crippen molar-refractivity contribution in [3.8, 4) is 0 Å². The molecular formula is C12H21NO4. The molecule has 0 aromatic heterocycles. The molecule has 1 N–H and O–H groups in total. The molecule has 2 unspecified atom stereocenters. The van der Waals surface area contributed by atoms with E-state index >= 15 is 0 Å². The number of nitrogens with one attached hydrogen (secondary N) is 1. The summed E-state index contributed by atoms with van der Waals surface area (Å²) in [7, 11) is 1.36. The van der Waals surface area contributed by atoms with Gasteiger partial charge in [-0.25, -0.2) is 0 Å². The summed E-state index contributed by atoms with van der Waals surface area (Å²) in [5.41, 5.74) is 0. The van der Waals surface area contributed by atoms with Gasteiger partial charge in [0.25, 0.3) is 0 Å². The molecule has 0 amide bonds. The normalized spacial score (nSPS) is 24.5. The maximum Gasteiger partial charge on any atom is 0.310 e. The van der Waals surface area contributed by atoms with Gasteiger partial charge in [0.2, 0.25) is 0 Å². The van der Waals surface area contributed by atoms with Crippen LogP contribution in [-0.2, 0) is 19.1 Å². The number of carbonyl (C=O) groups excluding carboxylic acids is 2. The molecule has 1 rings (SSSR count). The summed E-state index contributed by atoms with van der Waals surface area (Å²) in [5.74, 6) is -0.650. The largest absolute Gasteiger partial charge is 0.469 e. The molecule has 0 spiro atoms. The third kappa shape index (κ3) is 4.34. The predicted molar refractivity (Wildman–Crippen MR) is 62.3 cm³/mol. The van der Waals surface area contributed by atoms with Crippen LogP contribution in [-0.4, -0.2) is 38.7 Å². The molecule has 1 fully saturated rings. The third-order valence-electron chi connectivity index (χ3n) is 2.78. The van der Waals surface area contributed by atoms with Gasteiger partial charge in [-0.3, -0.25) is 9.59 Å². The van der Waals surface area contributed by atoms with Crippen LogP contribution < -0.4 is 5.32 Å². The number of carbonyl (C=O) groups is 2. The lowest BCUT2D eigenvalue weighted by Crippen LogP contribution is -2.43. The first-order chi connectivity index (χ1) is 8.04. The first-order valence-electron chi connectivity index (χ1n) is 5.99. The molecule has 0 radical (unpaired) electrons. The molecule has 0 aliphatic carbocycles. The van der Waals surface area contributed by atoms with Crippen LogP contribution in [0.1, 0.15) is 20.3 Å². The van der Waals surface area contributed by atoms with Crippen molar-refractivity contribution in [2.24, 2.45) is 17.8 Å². The average Bonchev–Trinajstić information content (AvgIpc) is 2.35. The lowest BCUT2D eigenvalue weighted by Gasteiger charge is -2.27. The standard InChI is InChI=1S/C12H21NO4/c1-8(2)7-17-12(15)10-4-9(5-13-6-10)11(14)16-3/h8-10,13H,4-7H2,1-3H3. The first-order valence-corrected chi connectivity index (χ1v) is 5.99. The lowest BCUT2D eigenvalue weighted by atomic mass is 9.90. The zero-order valence-corrected chi connectivity index (χ0v) is 10.7. The molecule has 1 heterocycles. The van der Waals surface area contributed by atoms with Crippen molar-refractivity contribution >= 4 is 11.9 Å². The Morgan fingerprint density at radius 2 is 1.82 bits per heavy atom. The predicted octanol–water partition coefficient (Wildman–Crippen LogP) is 0.584. The highest BCUT2D eigenvalue weighted by molar-refractivity contribution is 5.76. The van der Waals surface area contributed by atoms with Crippen LogP contribution in [0, 0.1) is 17.8 Å². The van der Waals surface area contributed by atoms with Crippen molar-refractivity contribution < 1.29 is 19.1 Å². The van der Waals surface area contributed by atoms with Gasteiger partial charge >= 0.3 is 11.9 Å². The van der Waals surface area contributed by atoms with Gasteiger partial charge in [0.05, 0.1) is 25.6 Å². The van der Waals surface area contributed by atoms with Crippen molar-refractivity contribution in [2.75, 3.05) is 26.8 Å². The van der Waals surface area contributed by atoms with Crippen molar-refractivity contribution in [3.05, 3.63) is 0 Å². The van der Waals surface area contributed by atoms with Crippen molar-refractivity contribution in [3.63, 3.8) is 0 Å². The minimum Gasteiger partial charge on any atom is -0.469 e. The molecule has 1 saturated heterocycles. The van der Waals surface area contributed by atoms with Crippen molar-refractivity contribution in [1.82, 2.24) is 5.32 Å². The quantitative estimate of drug-likeness (QED) is 0.732. The smallest absolute Gasteiger partial charge is 0.310 e. The lowest BCUT2D eigenvalue weighted by molar-refractivity contribution is -0.153. The van der Waals surface area contributed by atoms with E-state index in [9.17, 15) is 9.59 Å². The van der Waals surface area contributed by atoms with Crippen LogP contribution in [0.15, 0.2) is 0 Å². The van der Waals surface area contributed by atoms with Crippen LogP contribution in [0.4, 0.5) is 0 Å². The van der Waals surface area contributed by atoms with E-state index in [0.717, 1.165) is 0 Å².